The van der Waals surface area contributed by atoms with Crippen molar-refractivity contribution in [3.63, 3.8) is 0 Å². The summed E-state index contributed by atoms with van der Waals surface area (Å²) in [4.78, 5) is 29.9. The summed E-state index contributed by atoms with van der Waals surface area (Å²) in [6, 6.07) is 14.8. The summed E-state index contributed by atoms with van der Waals surface area (Å²) in [7, 11) is 1.85. The Balaban J connectivity index is 1.52. The van der Waals surface area contributed by atoms with Crippen molar-refractivity contribution in [1.29, 1.82) is 0 Å². The van der Waals surface area contributed by atoms with E-state index >= 15 is 0 Å². The van der Waals surface area contributed by atoms with Crippen molar-refractivity contribution in [2.24, 2.45) is 0 Å². The van der Waals surface area contributed by atoms with Gasteiger partial charge in [-0.1, -0.05) is 67.6 Å². The fourth-order valence-electron chi connectivity index (χ4n) is 4.75. The molecule has 0 spiro atoms. The zero-order valence-corrected chi connectivity index (χ0v) is 21.2. The number of hydrogen-bond acceptors (Lipinski definition) is 4. The van der Waals surface area contributed by atoms with Crippen LogP contribution in [0, 0.1) is 0 Å². The van der Waals surface area contributed by atoms with E-state index < -0.39 is 0 Å². The molecular formula is C28H35ClN2O4. The van der Waals surface area contributed by atoms with Crippen LogP contribution in [0.5, 0.6) is 5.75 Å². The summed E-state index contributed by atoms with van der Waals surface area (Å²) >= 11 is 6.28. The standard InChI is InChI=1S/C28H35ClN2O4/c1-30-16-10-4-2-3-5-11-17-34-25-19-31(27(32)18-21-12-6-8-14-23(21)29)20-26(25)35-24-15-9-7-13-22(24)28(30)33/h6-9,12-15,25-26H,2-5,10-11,16-20H2,1H3/t25-,26-/m1/s1. The summed E-state index contributed by atoms with van der Waals surface area (Å²) < 4.78 is 12.6. The van der Waals surface area contributed by atoms with E-state index in [1.165, 1.54) is 0 Å². The van der Waals surface area contributed by atoms with Crippen LogP contribution in [-0.2, 0) is 16.0 Å². The average molecular weight is 499 g/mol. The molecule has 0 bridgehead atoms. The summed E-state index contributed by atoms with van der Waals surface area (Å²) in [5.74, 6) is 0.484. The van der Waals surface area contributed by atoms with Gasteiger partial charge in [-0.15, -0.1) is 0 Å². The highest BCUT2D eigenvalue weighted by Gasteiger charge is 2.38. The van der Waals surface area contributed by atoms with Crippen LogP contribution in [0.15, 0.2) is 48.5 Å². The fourth-order valence-corrected chi connectivity index (χ4v) is 4.95. The number of fused-ring (bicyclic) bond motifs is 2. The Morgan fingerprint density at radius 3 is 2.46 bits per heavy atom. The molecule has 0 unspecified atom stereocenters. The molecule has 4 rings (SSSR count). The van der Waals surface area contributed by atoms with Crippen molar-refractivity contribution in [3.8, 4) is 5.75 Å². The summed E-state index contributed by atoms with van der Waals surface area (Å²) in [6.07, 6.45) is 6.18. The minimum atomic E-state index is -0.350. The number of hydrogen-bond donors (Lipinski definition) is 0. The van der Waals surface area contributed by atoms with E-state index in [2.05, 4.69) is 0 Å². The van der Waals surface area contributed by atoms with Crippen molar-refractivity contribution < 1.29 is 19.1 Å². The van der Waals surface area contributed by atoms with Crippen molar-refractivity contribution in [1.82, 2.24) is 9.80 Å². The Kier molecular flexibility index (Phi) is 9.05. The molecule has 2 aromatic carbocycles. The van der Waals surface area contributed by atoms with Crippen LogP contribution < -0.4 is 4.74 Å². The maximum atomic E-state index is 13.2. The van der Waals surface area contributed by atoms with Gasteiger partial charge in [0.2, 0.25) is 5.91 Å². The molecule has 7 heteroatoms. The van der Waals surface area contributed by atoms with Crippen LogP contribution >= 0.6 is 11.6 Å². The van der Waals surface area contributed by atoms with Crippen molar-refractivity contribution in [2.45, 2.75) is 57.2 Å². The second kappa shape index (κ2) is 12.4. The number of benzene rings is 2. The lowest BCUT2D eigenvalue weighted by Gasteiger charge is -2.24. The molecule has 1 saturated heterocycles. The number of likely N-dealkylation sites (tertiary alicyclic amines) is 1. The molecule has 2 heterocycles. The highest BCUT2D eigenvalue weighted by Crippen LogP contribution is 2.27. The number of amides is 2. The minimum absolute atomic E-state index is 0.00668. The SMILES string of the molecule is CN1CCCCCCCCO[C@@H]2CN(C(=O)Cc3ccccc3Cl)C[C@H]2Oc2ccccc2C1=O. The number of carbonyl (C=O) groups excluding carboxylic acids is 2. The first kappa shape index (κ1) is 25.5. The molecule has 1 fully saturated rings. The number of halogens is 1. The zero-order chi connectivity index (χ0) is 24.6. The Morgan fingerprint density at radius 1 is 0.943 bits per heavy atom. The topological polar surface area (TPSA) is 59.1 Å². The van der Waals surface area contributed by atoms with Gasteiger partial charge in [-0.05, 0) is 36.6 Å². The van der Waals surface area contributed by atoms with Crippen LogP contribution in [0.1, 0.15) is 54.4 Å². The Hall–Kier alpha value is -2.57. The average Bonchev–Trinajstić information content (AvgIpc) is 3.26. The predicted molar refractivity (Wildman–Crippen MR) is 137 cm³/mol. The Bertz CT molecular complexity index is 1010. The van der Waals surface area contributed by atoms with Gasteiger partial charge in [-0.2, -0.15) is 0 Å². The molecule has 2 aliphatic heterocycles. The first-order chi connectivity index (χ1) is 17.0. The van der Waals surface area contributed by atoms with E-state index in [0.717, 1.165) is 50.6 Å². The van der Waals surface area contributed by atoms with Crippen LogP contribution in [0.2, 0.25) is 5.02 Å². The molecule has 2 amide bonds. The highest BCUT2D eigenvalue weighted by molar-refractivity contribution is 6.31. The maximum Gasteiger partial charge on any atom is 0.257 e. The van der Waals surface area contributed by atoms with Gasteiger partial charge in [-0.25, -0.2) is 0 Å². The van der Waals surface area contributed by atoms with Gasteiger partial charge in [0, 0.05) is 25.2 Å². The number of rotatable bonds is 2. The number of para-hydroxylation sites is 1. The van der Waals surface area contributed by atoms with E-state index in [1.807, 2.05) is 49.5 Å². The second-order valence-electron chi connectivity index (χ2n) is 9.48. The third-order valence-corrected chi connectivity index (χ3v) is 7.20. The van der Waals surface area contributed by atoms with Gasteiger partial charge in [0.1, 0.15) is 18.0 Å². The summed E-state index contributed by atoms with van der Waals surface area (Å²) in [5.41, 5.74) is 1.35. The van der Waals surface area contributed by atoms with Gasteiger partial charge >= 0.3 is 0 Å². The molecule has 0 radical (unpaired) electrons. The van der Waals surface area contributed by atoms with E-state index in [0.29, 0.717) is 36.0 Å². The normalized spacial score (nSPS) is 22.3. The monoisotopic (exact) mass is 498 g/mol. The smallest absolute Gasteiger partial charge is 0.257 e. The molecule has 6 nitrogen and oxygen atoms in total. The van der Waals surface area contributed by atoms with Gasteiger partial charge < -0.3 is 19.3 Å². The van der Waals surface area contributed by atoms with E-state index in [1.54, 1.807) is 15.9 Å². The van der Waals surface area contributed by atoms with Gasteiger partial charge in [0.25, 0.3) is 5.91 Å². The Labute approximate surface area is 213 Å². The minimum Gasteiger partial charge on any atom is -0.485 e. The van der Waals surface area contributed by atoms with E-state index in [-0.39, 0.29) is 30.4 Å². The third-order valence-electron chi connectivity index (χ3n) is 6.83. The van der Waals surface area contributed by atoms with Crippen LogP contribution in [0.3, 0.4) is 0 Å². The first-order valence-corrected chi connectivity index (χ1v) is 13.0. The summed E-state index contributed by atoms with van der Waals surface area (Å²) in [5, 5.41) is 0.592. The predicted octanol–water partition coefficient (Wildman–Crippen LogP) is 4.98. The zero-order valence-electron chi connectivity index (χ0n) is 20.5. The van der Waals surface area contributed by atoms with Gasteiger partial charge in [0.15, 0.2) is 0 Å². The molecule has 0 saturated carbocycles. The first-order valence-electron chi connectivity index (χ1n) is 12.7. The van der Waals surface area contributed by atoms with Crippen molar-refractivity contribution >= 4 is 23.4 Å². The van der Waals surface area contributed by atoms with E-state index in [4.69, 9.17) is 21.1 Å². The molecule has 35 heavy (non-hydrogen) atoms. The molecule has 0 aliphatic carbocycles. The Morgan fingerprint density at radius 2 is 1.63 bits per heavy atom. The lowest BCUT2D eigenvalue weighted by atomic mass is 10.1. The van der Waals surface area contributed by atoms with Crippen molar-refractivity contribution in [3.05, 3.63) is 64.7 Å². The largest absolute Gasteiger partial charge is 0.485 e. The van der Waals surface area contributed by atoms with E-state index in [9.17, 15) is 9.59 Å². The maximum absolute atomic E-state index is 13.2. The molecule has 2 atom stereocenters. The van der Waals surface area contributed by atoms with Gasteiger partial charge in [0.05, 0.1) is 25.1 Å². The lowest BCUT2D eigenvalue weighted by Crippen LogP contribution is -2.34. The highest BCUT2D eigenvalue weighted by atomic mass is 35.5. The van der Waals surface area contributed by atoms with Crippen LogP contribution in [0.4, 0.5) is 0 Å². The van der Waals surface area contributed by atoms with Crippen LogP contribution in [0.25, 0.3) is 0 Å². The van der Waals surface area contributed by atoms with Gasteiger partial charge in [-0.3, -0.25) is 9.59 Å². The number of ether oxygens (including phenoxy) is 2. The lowest BCUT2D eigenvalue weighted by molar-refractivity contribution is -0.130. The molecule has 0 aromatic heterocycles. The molecule has 2 aliphatic rings. The molecule has 2 aromatic rings. The molecular weight excluding hydrogens is 464 g/mol. The number of nitrogens with zero attached hydrogens (tertiary/aromatic N) is 2. The third kappa shape index (κ3) is 6.77. The summed E-state index contributed by atoms with van der Waals surface area (Å²) in [6.45, 7) is 2.24. The van der Waals surface area contributed by atoms with Crippen molar-refractivity contribution in [2.75, 3.05) is 33.3 Å². The quantitative estimate of drug-likeness (QED) is 0.585. The molecule has 0 N–H and O–H groups in total. The second-order valence-corrected chi connectivity index (χ2v) is 9.88. The number of carbonyl (C=O) groups is 2. The molecule has 188 valence electrons. The fraction of sp³-hybridized carbons (Fsp3) is 0.500. The van der Waals surface area contributed by atoms with Crippen LogP contribution in [-0.4, -0.2) is 67.1 Å².